The summed E-state index contributed by atoms with van der Waals surface area (Å²) >= 11 is 1.40. The number of esters is 1. The first kappa shape index (κ1) is 20.0. The average Bonchev–Trinajstić information content (AvgIpc) is 3.00. The molecule has 0 atom stereocenters. The summed E-state index contributed by atoms with van der Waals surface area (Å²) in [5.41, 5.74) is 3.68. The molecule has 1 aromatic heterocycles. The van der Waals surface area contributed by atoms with Gasteiger partial charge < -0.3 is 9.30 Å². The van der Waals surface area contributed by atoms with Crippen molar-refractivity contribution in [1.29, 1.82) is 0 Å². The Morgan fingerprint density at radius 1 is 0.964 bits per heavy atom. The average molecular weight is 394 g/mol. The van der Waals surface area contributed by atoms with Gasteiger partial charge in [0, 0.05) is 28.4 Å². The summed E-state index contributed by atoms with van der Waals surface area (Å²) in [5.74, 6) is -0.379. The van der Waals surface area contributed by atoms with E-state index in [1.165, 1.54) is 17.3 Å². The van der Waals surface area contributed by atoms with Crippen molar-refractivity contribution in [3.05, 3.63) is 89.2 Å². The molecule has 3 aromatic rings. The number of carbonyl (C=O) groups excluding carboxylic acids is 2. The van der Waals surface area contributed by atoms with Crippen molar-refractivity contribution in [2.75, 3.05) is 12.4 Å². The molecule has 0 aliphatic heterocycles. The highest BCUT2D eigenvalue weighted by Gasteiger charge is 2.17. The van der Waals surface area contributed by atoms with E-state index in [1.807, 2.05) is 68.4 Å². The monoisotopic (exact) mass is 393 g/mol. The second-order valence-electron chi connectivity index (χ2n) is 6.54. The van der Waals surface area contributed by atoms with Gasteiger partial charge >= 0.3 is 5.97 Å². The number of Topliss-reactive ketones (excluding diaryl/α,β-unsaturated/α-hetero) is 1. The largest absolute Gasteiger partial charge is 0.457 e. The van der Waals surface area contributed by atoms with E-state index in [2.05, 4.69) is 16.7 Å². The SMILES string of the molecule is Cc1cc(C(=O)COC(=O)CSc2ccccc2)c(C)n1Cc1ccccc1. The number of ketones is 1. The smallest absolute Gasteiger partial charge is 0.316 e. The highest BCUT2D eigenvalue weighted by molar-refractivity contribution is 8.00. The van der Waals surface area contributed by atoms with Gasteiger partial charge in [0.25, 0.3) is 0 Å². The van der Waals surface area contributed by atoms with Gasteiger partial charge in [0.1, 0.15) is 0 Å². The van der Waals surface area contributed by atoms with E-state index in [1.54, 1.807) is 0 Å². The van der Waals surface area contributed by atoms with E-state index in [4.69, 9.17) is 4.74 Å². The van der Waals surface area contributed by atoms with Crippen molar-refractivity contribution in [3.63, 3.8) is 0 Å². The van der Waals surface area contributed by atoms with E-state index in [0.717, 1.165) is 16.3 Å². The molecule has 0 N–H and O–H groups in total. The third-order valence-electron chi connectivity index (χ3n) is 4.52. The molecule has 4 nitrogen and oxygen atoms in total. The number of hydrogen-bond donors (Lipinski definition) is 0. The molecule has 28 heavy (non-hydrogen) atoms. The fraction of sp³-hybridized carbons (Fsp3) is 0.217. The topological polar surface area (TPSA) is 48.3 Å². The summed E-state index contributed by atoms with van der Waals surface area (Å²) < 4.78 is 7.29. The van der Waals surface area contributed by atoms with Crippen LogP contribution in [0.5, 0.6) is 0 Å². The van der Waals surface area contributed by atoms with Crippen LogP contribution in [0.25, 0.3) is 0 Å². The lowest BCUT2D eigenvalue weighted by molar-refractivity contribution is -0.139. The molecule has 0 radical (unpaired) electrons. The minimum absolute atomic E-state index is 0.175. The van der Waals surface area contributed by atoms with Crippen LogP contribution in [0.2, 0.25) is 0 Å². The van der Waals surface area contributed by atoms with Gasteiger partial charge in [-0.1, -0.05) is 48.5 Å². The number of aromatic nitrogens is 1. The Hall–Kier alpha value is -2.79. The second kappa shape index (κ2) is 9.42. The molecule has 1 heterocycles. The normalized spacial score (nSPS) is 10.6. The summed E-state index contributed by atoms with van der Waals surface area (Å²) in [6, 6.07) is 21.6. The van der Waals surface area contributed by atoms with E-state index in [-0.39, 0.29) is 24.1 Å². The van der Waals surface area contributed by atoms with Crippen LogP contribution < -0.4 is 0 Å². The molecule has 0 spiro atoms. The van der Waals surface area contributed by atoms with Crippen LogP contribution in [0, 0.1) is 13.8 Å². The number of benzene rings is 2. The van der Waals surface area contributed by atoms with Crippen LogP contribution in [0.15, 0.2) is 71.6 Å². The Labute approximate surface area is 169 Å². The lowest BCUT2D eigenvalue weighted by Gasteiger charge is -2.10. The molecule has 5 heteroatoms. The molecule has 0 fully saturated rings. The third-order valence-corrected chi connectivity index (χ3v) is 5.51. The molecule has 144 valence electrons. The Balaban J connectivity index is 1.57. The number of aryl methyl sites for hydroxylation is 1. The standard InChI is InChI=1S/C23H23NO3S/c1-17-13-21(18(2)24(17)14-19-9-5-3-6-10-19)22(25)15-27-23(26)16-28-20-11-7-4-8-12-20/h3-13H,14-16H2,1-2H3. The molecule has 0 aliphatic carbocycles. The molecule has 2 aromatic carbocycles. The molecule has 0 saturated heterocycles. The summed E-state index contributed by atoms with van der Waals surface area (Å²) in [6.07, 6.45) is 0. The van der Waals surface area contributed by atoms with Crippen LogP contribution in [0.3, 0.4) is 0 Å². The number of rotatable bonds is 8. The van der Waals surface area contributed by atoms with Crippen molar-refractivity contribution < 1.29 is 14.3 Å². The molecular weight excluding hydrogens is 370 g/mol. The van der Waals surface area contributed by atoms with Gasteiger partial charge in [-0.05, 0) is 37.6 Å². The van der Waals surface area contributed by atoms with Crippen molar-refractivity contribution in [3.8, 4) is 0 Å². The van der Waals surface area contributed by atoms with Crippen molar-refractivity contribution >= 4 is 23.5 Å². The third kappa shape index (κ3) is 5.14. The molecule has 3 rings (SSSR count). The maximum atomic E-state index is 12.6. The quantitative estimate of drug-likeness (QED) is 0.317. The van der Waals surface area contributed by atoms with E-state index < -0.39 is 0 Å². The van der Waals surface area contributed by atoms with Gasteiger partial charge in [-0.2, -0.15) is 0 Å². The van der Waals surface area contributed by atoms with Gasteiger partial charge in [0.2, 0.25) is 5.78 Å². The van der Waals surface area contributed by atoms with Crippen LogP contribution in [0.1, 0.15) is 27.3 Å². The second-order valence-corrected chi connectivity index (χ2v) is 7.59. The molecule has 0 saturated carbocycles. The minimum atomic E-state index is -0.389. The zero-order chi connectivity index (χ0) is 19.9. The van der Waals surface area contributed by atoms with Crippen molar-refractivity contribution in [1.82, 2.24) is 4.57 Å². The van der Waals surface area contributed by atoms with E-state index >= 15 is 0 Å². The number of ether oxygens (including phenoxy) is 1. The van der Waals surface area contributed by atoms with Crippen LogP contribution in [0.4, 0.5) is 0 Å². The Kier molecular flexibility index (Phi) is 6.71. The number of thioether (sulfide) groups is 1. The summed E-state index contributed by atoms with van der Waals surface area (Å²) in [7, 11) is 0. The zero-order valence-corrected chi connectivity index (χ0v) is 16.9. The minimum Gasteiger partial charge on any atom is -0.457 e. The maximum Gasteiger partial charge on any atom is 0.316 e. The van der Waals surface area contributed by atoms with E-state index in [0.29, 0.717) is 12.1 Å². The number of hydrogen-bond acceptors (Lipinski definition) is 4. The fourth-order valence-electron chi connectivity index (χ4n) is 3.02. The highest BCUT2D eigenvalue weighted by atomic mass is 32.2. The Bertz CT molecular complexity index is 949. The van der Waals surface area contributed by atoms with Crippen LogP contribution in [-0.4, -0.2) is 28.7 Å². The van der Waals surface area contributed by atoms with Crippen LogP contribution >= 0.6 is 11.8 Å². The highest BCUT2D eigenvalue weighted by Crippen LogP contribution is 2.19. The molecule has 0 unspecified atom stereocenters. The lowest BCUT2D eigenvalue weighted by atomic mass is 10.1. The molecular formula is C23H23NO3S. The first-order chi connectivity index (χ1) is 13.5. The Morgan fingerprint density at radius 3 is 2.29 bits per heavy atom. The molecule has 0 bridgehead atoms. The fourth-order valence-corrected chi connectivity index (χ4v) is 3.73. The van der Waals surface area contributed by atoms with Gasteiger partial charge in [-0.15, -0.1) is 11.8 Å². The first-order valence-corrected chi connectivity index (χ1v) is 10.1. The predicted octanol–water partition coefficient (Wildman–Crippen LogP) is 4.67. The number of nitrogens with zero attached hydrogens (tertiary/aromatic N) is 1. The van der Waals surface area contributed by atoms with Gasteiger partial charge in [0.05, 0.1) is 5.75 Å². The number of carbonyl (C=O) groups is 2. The van der Waals surface area contributed by atoms with Gasteiger partial charge in [-0.25, -0.2) is 0 Å². The molecule has 0 aliphatic rings. The molecule has 0 amide bonds. The first-order valence-electron chi connectivity index (χ1n) is 9.12. The maximum absolute atomic E-state index is 12.6. The Morgan fingerprint density at radius 2 is 1.61 bits per heavy atom. The van der Waals surface area contributed by atoms with Crippen LogP contribution in [-0.2, 0) is 16.1 Å². The zero-order valence-electron chi connectivity index (χ0n) is 16.1. The van der Waals surface area contributed by atoms with E-state index in [9.17, 15) is 9.59 Å². The van der Waals surface area contributed by atoms with Gasteiger partial charge in [0.15, 0.2) is 6.61 Å². The van der Waals surface area contributed by atoms with Crippen molar-refractivity contribution in [2.45, 2.75) is 25.3 Å². The van der Waals surface area contributed by atoms with Crippen molar-refractivity contribution in [2.24, 2.45) is 0 Å². The summed E-state index contributed by atoms with van der Waals surface area (Å²) in [4.78, 5) is 25.5. The van der Waals surface area contributed by atoms with Gasteiger partial charge in [-0.3, -0.25) is 9.59 Å². The summed E-state index contributed by atoms with van der Waals surface area (Å²) in [5, 5.41) is 0. The summed E-state index contributed by atoms with van der Waals surface area (Å²) in [6.45, 7) is 4.38. The predicted molar refractivity (Wildman–Crippen MR) is 112 cm³/mol. The lowest BCUT2D eigenvalue weighted by Crippen LogP contribution is -2.16.